The van der Waals surface area contributed by atoms with Gasteiger partial charge >= 0.3 is 0 Å². The zero-order valence-electron chi connectivity index (χ0n) is 8.25. The number of hydrogen-bond acceptors (Lipinski definition) is 3. The molecular weight excluding hydrogens is 198 g/mol. The fourth-order valence-corrected chi connectivity index (χ4v) is 2.37. The van der Waals surface area contributed by atoms with Crippen molar-refractivity contribution >= 4 is 23.1 Å². The molecule has 0 saturated heterocycles. The molecule has 0 amide bonds. The van der Waals surface area contributed by atoms with Crippen LogP contribution in [0.15, 0.2) is 17.5 Å². The van der Waals surface area contributed by atoms with E-state index in [0.717, 1.165) is 6.54 Å². The zero-order chi connectivity index (χ0) is 9.52. The van der Waals surface area contributed by atoms with E-state index in [4.69, 9.17) is 0 Å². The molecule has 1 aromatic rings. The van der Waals surface area contributed by atoms with Crippen molar-refractivity contribution in [2.24, 2.45) is 0 Å². The second-order valence-electron chi connectivity index (χ2n) is 3.04. The third kappa shape index (κ3) is 4.16. The van der Waals surface area contributed by atoms with E-state index in [1.165, 1.54) is 17.1 Å². The molecule has 1 unspecified atom stereocenters. The minimum absolute atomic E-state index is 0.516. The van der Waals surface area contributed by atoms with Crippen molar-refractivity contribution in [1.29, 1.82) is 0 Å². The number of nitrogens with one attached hydrogen (secondary N) is 1. The molecule has 74 valence electrons. The molecule has 0 bridgehead atoms. The summed E-state index contributed by atoms with van der Waals surface area (Å²) in [6, 6.07) is 4.82. The van der Waals surface area contributed by atoms with Crippen LogP contribution in [0.4, 0.5) is 0 Å². The lowest BCUT2D eigenvalue weighted by Crippen LogP contribution is -2.19. The van der Waals surface area contributed by atoms with Crippen LogP contribution in [0.3, 0.4) is 0 Å². The van der Waals surface area contributed by atoms with E-state index >= 15 is 0 Å². The smallest absolute Gasteiger partial charge is 0.0386 e. The van der Waals surface area contributed by atoms with E-state index in [9.17, 15) is 0 Å². The van der Waals surface area contributed by atoms with Gasteiger partial charge in [0.25, 0.3) is 0 Å². The fraction of sp³-hybridized carbons (Fsp3) is 0.600. The molecule has 1 rings (SSSR count). The van der Waals surface area contributed by atoms with Gasteiger partial charge in [0.2, 0.25) is 0 Å². The second-order valence-corrected chi connectivity index (χ2v) is 5.00. The maximum Gasteiger partial charge on any atom is 0.0386 e. The van der Waals surface area contributed by atoms with E-state index in [2.05, 4.69) is 36.0 Å². The lowest BCUT2D eigenvalue weighted by atomic mass is 10.2. The lowest BCUT2D eigenvalue weighted by Gasteiger charge is -2.11. The van der Waals surface area contributed by atoms with E-state index in [1.807, 2.05) is 23.1 Å². The quantitative estimate of drug-likeness (QED) is 0.732. The first kappa shape index (κ1) is 11.1. The van der Waals surface area contributed by atoms with Gasteiger partial charge in [-0.1, -0.05) is 6.07 Å². The highest BCUT2D eigenvalue weighted by Gasteiger charge is 2.03. The van der Waals surface area contributed by atoms with Crippen LogP contribution in [0.2, 0.25) is 0 Å². The maximum absolute atomic E-state index is 3.52. The van der Waals surface area contributed by atoms with Gasteiger partial charge in [0.1, 0.15) is 0 Å². The summed E-state index contributed by atoms with van der Waals surface area (Å²) in [5, 5.41) is 5.65. The summed E-state index contributed by atoms with van der Waals surface area (Å²) < 4.78 is 0. The highest BCUT2D eigenvalue weighted by molar-refractivity contribution is 7.98. The van der Waals surface area contributed by atoms with Crippen LogP contribution < -0.4 is 5.32 Å². The summed E-state index contributed by atoms with van der Waals surface area (Å²) in [6.07, 6.45) is 3.42. The number of thioether (sulfide) groups is 1. The Morgan fingerprint density at radius 2 is 2.46 bits per heavy atom. The number of rotatable bonds is 6. The van der Waals surface area contributed by atoms with Crippen LogP contribution in [0.25, 0.3) is 0 Å². The zero-order valence-corrected chi connectivity index (χ0v) is 9.88. The van der Waals surface area contributed by atoms with Gasteiger partial charge in [-0.25, -0.2) is 0 Å². The largest absolute Gasteiger partial charge is 0.309 e. The van der Waals surface area contributed by atoms with Crippen LogP contribution in [0.1, 0.15) is 24.3 Å². The van der Waals surface area contributed by atoms with Crippen molar-refractivity contribution in [3.05, 3.63) is 22.4 Å². The molecule has 0 fully saturated rings. The van der Waals surface area contributed by atoms with E-state index in [-0.39, 0.29) is 0 Å². The van der Waals surface area contributed by atoms with Gasteiger partial charge in [0.05, 0.1) is 0 Å². The minimum Gasteiger partial charge on any atom is -0.309 e. The molecule has 0 aliphatic rings. The first-order valence-electron chi connectivity index (χ1n) is 4.60. The Labute approximate surface area is 88.9 Å². The molecule has 3 heteroatoms. The van der Waals surface area contributed by atoms with Gasteiger partial charge in [-0.05, 0) is 43.3 Å². The molecule has 0 spiro atoms. The van der Waals surface area contributed by atoms with E-state index in [0.29, 0.717) is 6.04 Å². The summed E-state index contributed by atoms with van der Waals surface area (Å²) in [6.45, 7) is 3.35. The van der Waals surface area contributed by atoms with Crippen LogP contribution in [0, 0.1) is 0 Å². The van der Waals surface area contributed by atoms with Crippen molar-refractivity contribution in [3.8, 4) is 0 Å². The van der Waals surface area contributed by atoms with Crippen LogP contribution >= 0.6 is 23.1 Å². The van der Waals surface area contributed by atoms with Crippen LogP contribution in [-0.2, 0) is 0 Å². The Morgan fingerprint density at radius 1 is 1.62 bits per heavy atom. The molecule has 1 heterocycles. The third-order valence-electron chi connectivity index (χ3n) is 1.95. The van der Waals surface area contributed by atoms with Gasteiger partial charge in [-0.3, -0.25) is 0 Å². The molecule has 0 aliphatic heterocycles. The summed E-state index contributed by atoms with van der Waals surface area (Å²) in [4.78, 5) is 1.43. The molecule has 1 atom stereocenters. The highest BCUT2D eigenvalue weighted by atomic mass is 32.2. The van der Waals surface area contributed by atoms with Crippen molar-refractivity contribution in [2.75, 3.05) is 18.6 Å². The summed E-state index contributed by atoms with van der Waals surface area (Å²) in [5.74, 6) is 1.25. The van der Waals surface area contributed by atoms with Gasteiger partial charge in [0, 0.05) is 10.9 Å². The van der Waals surface area contributed by atoms with Crippen molar-refractivity contribution in [2.45, 2.75) is 19.4 Å². The molecule has 0 aliphatic carbocycles. The van der Waals surface area contributed by atoms with Gasteiger partial charge in [0.15, 0.2) is 0 Å². The molecule has 1 N–H and O–H groups in total. The molecule has 0 radical (unpaired) electrons. The van der Waals surface area contributed by atoms with Gasteiger partial charge in [-0.15, -0.1) is 11.3 Å². The topological polar surface area (TPSA) is 12.0 Å². The first-order chi connectivity index (χ1) is 6.34. The SMILES string of the molecule is CSCCCNC(C)c1cccs1. The predicted molar refractivity (Wildman–Crippen MR) is 63.7 cm³/mol. The van der Waals surface area contributed by atoms with Crippen molar-refractivity contribution < 1.29 is 0 Å². The third-order valence-corrected chi connectivity index (χ3v) is 3.70. The van der Waals surface area contributed by atoms with Crippen molar-refractivity contribution in [3.63, 3.8) is 0 Å². The number of thiophene rings is 1. The van der Waals surface area contributed by atoms with Crippen LogP contribution in [0.5, 0.6) is 0 Å². The van der Waals surface area contributed by atoms with Gasteiger partial charge < -0.3 is 5.32 Å². The average Bonchev–Trinajstić information content (AvgIpc) is 2.65. The van der Waals surface area contributed by atoms with Gasteiger partial charge in [-0.2, -0.15) is 11.8 Å². The second kappa shape index (κ2) is 6.46. The first-order valence-corrected chi connectivity index (χ1v) is 6.87. The highest BCUT2D eigenvalue weighted by Crippen LogP contribution is 2.17. The van der Waals surface area contributed by atoms with Crippen LogP contribution in [-0.4, -0.2) is 18.6 Å². The molecule has 1 aromatic heterocycles. The molecule has 0 saturated carbocycles. The monoisotopic (exact) mass is 215 g/mol. The normalized spacial score (nSPS) is 13.1. The molecule has 13 heavy (non-hydrogen) atoms. The molecule has 0 aromatic carbocycles. The Morgan fingerprint density at radius 3 is 3.08 bits per heavy atom. The summed E-state index contributed by atoms with van der Waals surface area (Å²) >= 11 is 3.74. The Hall–Kier alpha value is 0.01000. The summed E-state index contributed by atoms with van der Waals surface area (Å²) in [5.41, 5.74) is 0. The summed E-state index contributed by atoms with van der Waals surface area (Å²) in [7, 11) is 0. The lowest BCUT2D eigenvalue weighted by molar-refractivity contribution is 0.580. The maximum atomic E-state index is 3.52. The number of hydrogen-bond donors (Lipinski definition) is 1. The Bertz CT molecular complexity index is 209. The Kier molecular flexibility index (Phi) is 5.51. The standard InChI is InChI=1S/C10H17NS2/c1-9(10-5-3-8-13-10)11-6-4-7-12-2/h3,5,8-9,11H,4,6-7H2,1-2H3. The molecular formula is C10H17NS2. The average molecular weight is 215 g/mol. The molecule has 1 nitrogen and oxygen atoms in total. The predicted octanol–water partition coefficient (Wildman–Crippen LogP) is 3.15. The Balaban J connectivity index is 2.15. The minimum atomic E-state index is 0.516. The van der Waals surface area contributed by atoms with E-state index in [1.54, 1.807) is 0 Å². The van der Waals surface area contributed by atoms with Crippen molar-refractivity contribution in [1.82, 2.24) is 5.32 Å². The van der Waals surface area contributed by atoms with E-state index < -0.39 is 0 Å². The fourth-order valence-electron chi connectivity index (χ4n) is 1.17.